The average molecular weight is 367 g/mol. The van der Waals surface area contributed by atoms with Crippen LogP contribution in [0.1, 0.15) is 17.0 Å². The highest BCUT2D eigenvalue weighted by molar-refractivity contribution is 5.87. The molecule has 3 rings (SSSR count). The van der Waals surface area contributed by atoms with E-state index in [0.717, 1.165) is 22.3 Å². The Balaban J connectivity index is 1.54. The number of hydrogen-bond donors (Lipinski definition) is 3. The van der Waals surface area contributed by atoms with Crippen molar-refractivity contribution < 1.29 is 19.1 Å². The molecule has 1 aliphatic rings. The summed E-state index contributed by atoms with van der Waals surface area (Å²) in [5.74, 6) is -1.48. The van der Waals surface area contributed by atoms with E-state index in [1.807, 2.05) is 36.4 Å². The molecule has 0 saturated carbocycles. The van der Waals surface area contributed by atoms with E-state index in [1.54, 1.807) is 0 Å². The molecule has 0 spiro atoms. The first-order chi connectivity index (χ1) is 13.1. The molecule has 0 fully saturated rings. The predicted octanol–water partition coefficient (Wildman–Crippen LogP) is 0.533. The number of rotatable bonds is 7. The van der Waals surface area contributed by atoms with Crippen LogP contribution < -0.4 is 16.4 Å². The van der Waals surface area contributed by atoms with Crippen LogP contribution in [0.2, 0.25) is 0 Å². The normalized spacial score (nSPS) is 12.0. The van der Waals surface area contributed by atoms with Gasteiger partial charge in [0.25, 0.3) is 0 Å². The van der Waals surface area contributed by atoms with Crippen LogP contribution in [0.15, 0.2) is 48.5 Å². The number of hydrogen-bond acceptors (Lipinski definition) is 5. The fraction of sp³-hybridized carbons (Fsp3) is 0.250. The monoisotopic (exact) mass is 367 g/mol. The molecule has 7 heteroatoms. The van der Waals surface area contributed by atoms with Gasteiger partial charge in [0.1, 0.15) is 13.2 Å². The number of esters is 1. The van der Waals surface area contributed by atoms with Gasteiger partial charge in [-0.25, -0.2) is 0 Å². The van der Waals surface area contributed by atoms with Gasteiger partial charge in [0.2, 0.25) is 11.8 Å². The Morgan fingerprint density at radius 1 is 0.852 bits per heavy atom. The Kier molecular flexibility index (Phi) is 5.83. The van der Waals surface area contributed by atoms with Crippen LogP contribution in [0, 0.1) is 0 Å². The van der Waals surface area contributed by atoms with Crippen molar-refractivity contribution in [3.05, 3.63) is 59.7 Å². The third-order valence-corrected chi connectivity index (χ3v) is 4.43. The van der Waals surface area contributed by atoms with Crippen LogP contribution in [-0.2, 0) is 19.1 Å². The minimum Gasteiger partial charge on any atom is -0.463 e. The molecule has 0 saturated heterocycles. The first-order valence-electron chi connectivity index (χ1n) is 8.67. The lowest BCUT2D eigenvalue weighted by molar-refractivity contribution is -0.144. The lowest BCUT2D eigenvalue weighted by Gasteiger charge is -2.14. The average Bonchev–Trinajstić information content (AvgIpc) is 3.02. The summed E-state index contributed by atoms with van der Waals surface area (Å²) in [6.07, 6.45) is 0. The smallest absolute Gasteiger partial charge is 0.325 e. The second kappa shape index (κ2) is 8.46. The summed E-state index contributed by atoms with van der Waals surface area (Å²) in [6.45, 7) is -0.480. The maximum absolute atomic E-state index is 12.0. The Bertz CT molecular complexity index is 820. The van der Waals surface area contributed by atoms with Crippen molar-refractivity contribution >= 4 is 17.8 Å². The molecule has 1 aliphatic carbocycles. The molecule has 2 aromatic carbocycles. The van der Waals surface area contributed by atoms with Gasteiger partial charge in [0.15, 0.2) is 0 Å². The molecular weight excluding hydrogens is 346 g/mol. The second-order valence-electron chi connectivity index (χ2n) is 6.17. The zero-order valence-electron chi connectivity index (χ0n) is 14.7. The molecule has 4 N–H and O–H groups in total. The quantitative estimate of drug-likeness (QED) is 0.619. The van der Waals surface area contributed by atoms with Gasteiger partial charge in [-0.15, -0.1) is 0 Å². The van der Waals surface area contributed by atoms with E-state index in [0.29, 0.717) is 0 Å². The van der Waals surface area contributed by atoms with E-state index >= 15 is 0 Å². The number of amides is 2. The molecule has 27 heavy (non-hydrogen) atoms. The highest BCUT2D eigenvalue weighted by atomic mass is 16.5. The minimum atomic E-state index is -0.532. The predicted molar refractivity (Wildman–Crippen MR) is 99.8 cm³/mol. The number of benzene rings is 2. The van der Waals surface area contributed by atoms with Gasteiger partial charge in [-0.05, 0) is 22.3 Å². The molecule has 2 aromatic rings. The van der Waals surface area contributed by atoms with E-state index in [9.17, 15) is 14.4 Å². The fourth-order valence-electron chi connectivity index (χ4n) is 3.15. The first kappa shape index (κ1) is 18.6. The van der Waals surface area contributed by atoms with Crippen molar-refractivity contribution in [1.29, 1.82) is 0 Å². The maximum atomic E-state index is 12.0. The standard InChI is InChI=1S/C20H21N3O4/c21-9-18(24)22-10-19(25)23-11-20(26)27-12-17-15-7-3-1-5-13(15)14-6-2-4-8-16(14)17/h1-8,17H,9-12,21H2,(H,22,24)(H,23,25). The van der Waals surface area contributed by atoms with E-state index in [-0.39, 0.29) is 32.2 Å². The second-order valence-corrected chi connectivity index (χ2v) is 6.17. The van der Waals surface area contributed by atoms with Crippen LogP contribution in [0.3, 0.4) is 0 Å². The third kappa shape index (κ3) is 4.32. The lowest BCUT2D eigenvalue weighted by atomic mass is 9.98. The molecule has 0 bridgehead atoms. The van der Waals surface area contributed by atoms with Gasteiger partial charge in [0.05, 0.1) is 13.1 Å². The van der Waals surface area contributed by atoms with Crippen molar-refractivity contribution in [3.63, 3.8) is 0 Å². The molecule has 0 aliphatic heterocycles. The topological polar surface area (TPSA) is 111 Å². The van der Waals surface area contributed by atoms with Crippen LogP contribution in [-0.4, -0.2) is 44.0 Å². The molecule has 7 nitrogen and oxygen atoms in total. The van der Waals surface area contributed by atoms with Crippen LogP contribution in [0.4, 0.5) is 0 Å². The summed E-state index contributed by atoms with van der Waals surface area (Å²) >= 11 is 0. The summed E-state index contributed by atoms with van der Waals surface area (Å²) < 4.78 is 5.38. The molecule has 0 atom stereocenters. The van der Waals surface area contributed by atoms with E-state index in [2.05, 4.69) is 22.8 Å². The minimum absolute atomic E-state index is 0.0270. The maximum Gasteiger partial charge on any atom is 0.325 e. The van der Waals surface area contributed by atoms with E-state index in [4.69, 9.17) is 10.5 Å². The summed E-state index contributed by atoms with van der Waals surface area (Å²) in [4.78, 5) is 34.6. The summed E-state index contributed by atoms with van der Waals surface area (Å²) in [7, 11) is 0. The zero-order chi connectivity index (χ0) is 19.2. The number of nitrogens with two attached hydrogens (primary N) is 1. The molecule has 140 valence electrons. The SMILES string of the molecule is NCC(=O)NCC(=O)NCC(=O)OCC1c2ccccc2-c2ccccc21. The zero-order valence-corrected chi connectivity index (χ0v) is 14.7. The Morgan fingerprint density at radius 3 is 2.00 bits per heavy atom. The highest BCUT2D eigenvalue weighted by Gasteiger charge is 2.28. The molecule has 0 unspecified atom stereocenters. The van der Waals surface area contributed by atoms with Crippen LogP contribution in [0.5, 0.6) is 0 Å². The molecule has 0 heterocycles. The third-order valence-electron chi connectivity index (χ3n) is 4.43. The van der Waals surface area contributed by atoms with Gasteiger partial charge in [0, 0.05) is 5.92 Å². The lowest BCUT2D eigenvalue weighted by Crippen LogP contribution is -2.41. The van der Waals surface area contributed by atoms with Gasteiger partial charge < -0.3 is 21.1 Å². The van der Waals surface area contributed by atoms with Crippen LogP contribution in [0.25, 0.3) is 11.1 Å². The van der Waals surface area contributed by atoms with Gasteiger partial charge in [-0.1, -0.05) is 48.5 Å². The van der Waals surface area contributed by atoms with E-state index in [1.165, 1.54) is 0 Å². The largest absolute Gasteiger partial charge is 0.463 e. The molecular formula is C20H21N3O4. The molecule has 2 amide bonds. The van der Waals surface area contributed by atoms with E-state index < -0.39 is 17.8 Å². The van der Waals surface area contributed by atoms with Crippen molar-refractivity contribution in [1.82, 2.24) is 10.6 Å². The number of ether oxygens (including phenoxy) is 1. The van der Waals surface area contributed by atoms with Gasteiger partial charge in [-0.3, -0.25) is 14.4 Å². The summed E-state index contributed by atoms with van der Waals surface area (Å²) in [6, 6.07) is 16.1. The van der Waals surface area contributed by atoms with Crippen LogP contribution >= 0.6 is 0 Å². The Hall–Kier alpha value is -3.19. The molecule has 0 radical (unpaired) electrons. The number of nitrogens with one attached hydrogen (secondary N) is 2. The Morgan fingerprint density at radius 2 is 1.41 bits per heavy atom. The summed E-state index contributed by atoms with van der Waals surface area (Å²) in [5.41, 5.74) is 9.68. The first-order valence-corrected chi connectivity index (χ1v) is 8.67. The van der Waals surface area contributed by atoms with Crippen molar-refractivity contribution in [2.24, 2.45) is 5.73 Å². The summed E-state index contributed by atoms with van der Waals surface area (Å²) in [5, 5.41) is 4.73. The van der Waals surface area contributed by atoms with Crippen molar-refractivity contribution in [2.75, 3.05) is 26.2 Å². The molecule has 0 aromatic heterocycles. The van der Waals surface area contributed by atoms with Crippen molar-refractivity contribution in [3.8, 4) is 11.1 Å². The number of carbonyl (C=O) groups excluding carboxylic acids is 3. The van der Waals surface area contributed by atoms with Crippen molar-refractivity contribution in [2.45, 2.75) is 5.92 Å². The number of fused-ring (bicyclic) bond motifs is 3. The highest BCUT2D eigenvalue weighted by Crippen LogP contribution is 2.44. The Labute approximate surface area is 156 Å². The number of carbonyl (C=O) groups is 3. The fourth-order valence-corrected chi connectivity index (χ4v) is 3.15. The van der Waals surface area contributed by atoms with Gasteiger partial charge in [-0.2, -0.15) is 0 Å². The van der Waals surface area contributed by atoms with Gasteiger partial charge >= 0.3 is 5.97 Å².